The maximum atomic E-state index is 9.46. The van der Waals surface area contributed by atoms with Crippen molar-refractivity contribution in [3.63, 3.8) is 0 Å². The van der Waals surface area contributed by atoms with Gasteiger partial charge >= 0.3 is 0 Å². The number of aromatic nitrogens is 1. The molecule has 0 radical (unpaired) electrons. The third-order valence-corrected chi connectivity index (χ3v) is 5.01. The fourth-order valence-electron chi connectivity index (χ4n) is 2.58. The van der Waals surface area contributed by atoms with Gasteiger partial charge in [0, 0.05) is 18.0 Å². The van der Waals surface area contributed by atoms with Crippen LogP contribution in [0, 0.1) is 11.3 Å². The lowest BCUT2D eigenvalue weighted by atomic mass is 9.94. The molecule has 1 aromatic heterocycles. The summed E-state index contributed by atoms with van der Waals surface area (Å²) < 4.78 is -0.218. The smallest absolute Gasteiger partial charge is 0.106 e. The molecular weight excluding hydrogens is 240 g/mol. The van der Waals surface area contributed by atoms with E-state index in [0.29, 0.717) is 0 Å². The molecule has 1 saturated heterocycles. The lowest BCUT2D eigenvalue weighted by Crippen LogP contribution is -2.21. The summed E-state index contributed by atoms with van der Waals surface area (Å²) in [7, 11) is 0. The molecule has 2 nitrogen and oxygen atoms in total. The number of rotatable bonds is 2. The first-order valence-electron chi connectivity index (χ1n) is 6.21. The topological polar surface area (TPSA) is 36.7 Å². The van der Waals surface area contributed by atoms with Crippen molar-refractivity contribution in [2.24, 2.45) is 0 Å². The van der Waals surface area contributed by atoms with Gasteiger partial charge in [0.1, 0.15) is 4.75 Å². The highest BCUT2D eigenvalue weighted by molar-refractivity contribution is 8.01. The summed E-state index contributed by atoms with van der Waals surface area (Å²) in [5.74, 6) is 1.11. The molecule has 3 rings (SSSR count). The largest absolute Gasteiger partial charge is 0.256 e. The Morgan fingerprint density at radius 1 is 1.33 bits per heavy atom. The van der Waals surface area contributed by atoms with E-state index in [1.165, 1.54) is 10.9 Å². The lowest BCUT2D eigenvalue weighted by molar-refractivity contribution is 0.674. The van der Waals surface area contributed by atoms with E-state index in [1.54, 1.807) is 0 Å². The van der Waals surface area contributed by atoms with Crippen LogP contribution in [0.4, 0.5) is 0 Å². The average molecular weight is 254 g/mol. The molecule has 2 aromatic rings. The summed E-state index contributed by atoms with van der Waals surface area (Å²) in [5.41, 5.74) is 2.27. The van der Waals surface area contributed by atoms with Crippen molar-refractivity contribution < 1.29 is 0 Å². The zero-order valence-electron chi connectivity index (χ0n) is 10.1. The van der Waals surface area contributed by atoms with Crippen LogP contribution in [-0.4, -0.2) is 15.5 Å². The van der Waals surface area contributed by atoms with E-state index in [4.69, 9.17) is 0 Å². The van der Waals surface area contributed by atoms with E-state index < -0.39 is 0 Å². The highest BCUT2D eigenvalue weighted by Gasteiger charge is 2.35. The minimum absolute atomic E-state index is 0.218. The first-order valence-corrected chi connectivity index (χ1v) is 7.19. The summed E-state index contributed by atoms with van der Waals surface area (Å²) >= 11 is 1.81. The van der Waals surface area contributed by atoms with Gasteiger partial charge in [-0.25, -0.2) is 0 Å². The van der Waals surface area contributed by atoms with Crippen LogP contribution in [0.15, 0.2) is 36.5 Å². The molecule has 0 amide bonds. The van der Waals surface area contributed by atoms with Gasteiger partial charge in [-0.2, -0.15) is 5.26 Å². The number of hydrogen-bond acceptors (Lipinski definition) is 3. The average Bonchev–Trinajstić information content (AvgIpc) is 2.88. The second-order valence-corrected chi connectivity index (χ2v) is 6.20. The van der Waals surface area contributed by atoms with Crippen LogP contribution in [-0.2, 0) is 6.42 Å². The Morgan fingerprint density at radius 3 is 3.00 bits per heavy atom. The predicted molar refractivity (Wildman–Crippen MR) is 75.5 cm³/mol. The molecule has 3 heteroatoms. The number of para-hydroxylation sites is 1. The van der Waals surface area contributed by atoms with E-state index in [1.807, 2.05) is 36.2 Å². The maximum Gasteiger partial charge on any atom is 0.106 e. The summed E-state index contributed by atoms with van der Waals surface area (Å²) in [6, 6.07) is 12.8. The minimum Gasteiger partial charge on any atom is -0.256 e. The Bertz CT molecular complexity index is 604. The molecule has 1 aliphatic rings. The number of hydrogen-bond donors (Lipinski definition) is 0. The molecule has 0 spiro atoms. The van der Waals surface area contributed by atoms with Gasteiger partial charge in [0.2, 0.25) is 0 Å². The fraction of sp³-hybridized carbons (Fsp3) is 0.333. The molecule has 1 fully saturated rings. The van der Waals surface area contributed by atoms with Crippen molar-refractivity contribution >= 4 is 22.7 Å². The van der Waals surface area contributed by atoms with Crippen LogP contribution < -0.4 is 0 Å². The van der Waals surface area contributed by atoms with Gasteiger partial charge in [-0.15, -0.1) is 11.8 Å². The van der Waals surface area contributed by atoms with E-state index in [-0.39, 0.29) is 4.75 Å². The normalized spacial score (nSPS) is 23.1. The van der Waals surface area contributed by atoms with Crippen LogP contribution in [0.25, 0.3) is 10.9 Å². The van der Waals surface area contributed by atoms with Crippen LogP contribution in [0.2, 0.25) is 0 Å². The van der Waals surface area contributed by atoms with Crippen LogP contribution in [0.1, 0.15) is 18.4 Å². The molecule has 1 atom stereocenters. The van der Waals surface area contributed by atoms with E-state index in [9.17, 15) is 5.26 Å². The summed E-state index contributed by atoms with van der Waals surface area (Å²) in [6.45, 7) is 0. The summed E-state index contributed by atoms with van der Waals surface area (Å²) in [5, 5.41) is 10.6. The molecular formula is C15H14N2S. The van der Waals surface area contributed by atoms with Gasteiger partial charge in [0.25, 0.3) is 0 Å². The minimum atomic E-state index is -0.218. The van der Waals surface area contributed by atoms with E-state index in [0.717, 1.165) is 30.5 Å². The highest BCUT2D eigenvalue weighted by Crippen LogP contribution is 2.41. The number of nitriles is 1. The number of pyridine rings is 1. The molecule has 0 N–H and O–H groups in total. The third-order valence-electron chi connectivity index (χ3n) is 3.52. The van der Waals surface area contributed by atoms with Gasteiger partial charge in [-0.1, -0.05) is 18.2 Å². The van der Waals surface area contributed by atoms with Crippen molar-refractivity contribution in [1.29, 1.82) is 5.26 Å². The van der Waals surface area contributed by atoms with Crippen molar-refractivity contribution in [2.75, 3.05) is 5.75 Å². The molecule has 90 valence electrons. The lowest BCUT2D eigenvalue weighted by Gasteiger charge is -2.20. The Labute approximate surface area is 111 Å². The van der Waals surface area contributed by atoms with E-state index in [2.05, 4.69) is 23.2 Å². The second kappa shape index (κ2) is 4.62. The molecule has 1 aromatic carbocycles. The van der Waals surface area contributed by atoms with Crippen molar-refractivity contribution in [3.8, 4) is 6.07 Å². The highest BCUT2D eigenvalue weighted by atomic mass is 32.2. The zero-order chi connectivity index (χ0) is 12.4. The SMILES string of the molecule is N#CC1(Cc2ccnc3ccccc23)CCCS1. The van der Waals surface area contributed by atoms with Crippen molar-refractivity contribution in [1.82, 2.24) is 4.98 Å². The Morgan fingerprint density at radius 2 is 2.22 bits per heavy atom. The van der Waals surface area contributed by atoms with E-state index >= 15 is 0 Å². The van der Waals surface area contributed by atoms with Gasteiger partial charge in [0.15, 0.2) is 0 Å². The number of nitrogens with zero attached hydrogens (tertiary/aromatic N) is 2. The number of thioether (sulfide) groups is 1. The van der Waals surface area contributed by atoms with Crippen molar-refractivity contribution in [3.05, 3.63) is 42.1 Å². The van der Waals surface area contributed by atoms with Gasteiger partial charge < -0.3 is 0 Å². The number of benzene rings is 1. The summed E-state index contributed by atoms with van der Waals surface area (Å²) in [4.78, 5) is 4.38. The molecule has 0 bridgehead atoms. The van der Waals surface area contributed by atoms with Gasteiger partial charge in [0.05, 0.1) is 11.6 Å². The Kier molecular flexibility index (Phi) is 2.97. The molecule has 0 aliphatic carbocycles. The third kappa shape index (κ3) is 1.97. The number of fused-ring (bicyclic) bond motifs is 1. The maximum absolute atomic E-state index is 9.46. The van der Waals surface area contributed by atoms with Crippen molar-refractivity contribution in [2.45, 2.75) is 24.0 Å². The Hall–Kier alpha value is -1.53. The predicted octanol–water partition coefficient (Wildman–Crippen LogP) is 3.57. The molecule has 1 aliphatic heterocycles. The van der Waals surface area contributed by atoms with Crippen LogP contribution in [0.5, 0.6) is 0 Å². The van der Waals surface area contributed by atoms with Crippen LogP contribution >= 0.6 is 11.8 Å². The molecule has 18 heavy (non-hydrogen) atoms. The first kappa shape index (κ1) is 11.6. The zero-order valence-corrected chi connectivity index (χ0v) is 10.9. The van der Waals surface area contributed by atoms with Gasteiger partial charge in [-0.05, 0) is 36.3 Å². The summed E-state index contributed by atoms with van der Waals surface area (Å²) in [6.07, 6.45) is 4.84. The first-order chi connectivity index (χ1) is 8.83. The fourth-order valence-corrected chi connectivity index (χ4v) is 3.87. The Balaban J connectivity index is 2.03. The second-order valence-electron chi connectivity index (χ2n) is 4.72. The van der Waals surface area contributed by atoms with Crippen LogP contribution in [0.3, 0.4) is 0 Å². The quantitative estimate of drug-likeness (QED) is 0.822. The molecule has 2 heterocycles. The van der Waals surface area contributed by atoms with Gasteiger partial charge in [-0.3, -0.25) is 4.98 Å². The monoisotopic (exact) mass is 254 g/mol. The molecule has 0 saturated carbocycles. The standard InChI is InChI=1S/C15H14N2S/c16-11-15(7-3-9-18-15)10-12-6-8-17-14-5-2-1-4-13(12)14/h1-2,4-6,8H,3,7,9-10H2. The molecule has 1 unspecified atom stereocenters.